The quantitative estimate of drug-likeness (QED) is 0.799. The maximum absolute atomic E-state index is 12.6. The minimum atomic E-state index is -3.62. The number of nitrogens with one attached hydrogen (secondary N) is 3. The molecule has 0 amide bonds. The van der Waals surface area contributed by atoms with Crippen LogP contribution in [0.15, 0.2) is 23.4 Å². The van der Waals surface area contributed by atoms with Gasteiger partial charge in [0.05, 0.1) is 10.4 Å². The van der Waals surface area contributed by atoms with Gasteiger partial charge in [0.1, 0.15) is 10.5 Å². The highest BCUT2D eigenvalue weighted by molar-refractivity contribution is 7.89. The maximum Gasteiger partial charge on any atom is 0.243 e. The van der Waals surface area contributed by atoms with Crippen LogP contribution in [-0.4, -0.2) is 37.0 Å². The van der Waals surface area contributed by atoms with Crippen molar-refractivity contribution in [1.29, 1.82) is 0 Å². The van der Waals surface area contributed by atoms with E-state index in [1.165, 1.54) is 6.20 Å². The Kier molecular flexibility index (Phi) is 3.92. The predicted molar refractivity (Wildman–Crippen MR) is 81.9 cm³/mol. The molecule has 0 saturated carbocycles. The van der Waals surface area contributed by atoms with Crippen molar-refractivity contribution in [2.45, 2.75) is 36.7 Å². The van der Waals surface area contributed by atoms with E-state index in [4.69, 9.17) is 11.6 Å². The van der Waals surface area contributed by atoms with Crippen LogP contribution in [-0.2, 0) is 10.0 Å². The second-order valence-corrected chi connectivity index (χ2v) is 7.46. The van der Waals surface area contributed by atoms with Crippen LogP contribution in [0.25, 0.3) is 11.0 Å². The lowest BCUT2D eigenvalue weighted by Crippen LogP contribution is -2.46. The van der Waals surface area contributed by atoms with Gasteiger partial charge in [-0.2, -0.15) is 0 Å². The van der Waals surface area contributed by atoms with Crippen LogP contribution < -0.4 is 10.0 Å². The number of rotatable bonds is 3. The molecule has 1 aliphatic rings. The molecule has 1 saturated heterocycles. The first kappa shape index (κ1) is 14.8. The predicted octanol–water partition coefficient (Wildman–Crippen LogP) is 1.64. The third-order valence-electron chi connectivity index (χ3n) is 3.72. The number of hydrogen-bond donors (Lipinski definition) is 3. The van der Waals surface area contributed by atoms with E-state index in [0.717, 1.165) is 19.4 Å². The van der Waals surface area contributed by atoms with Crippen molar-refractivity contribution in [3.05, 3.63) is 23.5 Å². The molecular formula is C13H17ClN4O2S. The summed E-state index contributed by atoms with van der Waals surface area (Å²) in [5.41, 5.74) is 0.474. The van der Waals surface area contributed by atoms with Crippen molar-refractivity contribution in [2.24, 2.45) is 0 Å². The molecule has 114 valence electrons. The number of H-pyrrole nitrogens is 1. The van der Waals surface area contributed by atoms with Gasteiger partial charge in [-0.1, -0.05) is 11.6 Å². The van der Waals surface area contributed by atoms with E-state index in [2.05, 4.69) is 20.0 Å². The third-order valence-corrected chi connectivity index (χ3v) is 5.58. The Morgan fingerprint density at radius 1 is 1.48 bits per heavy atom. The second kappa shape index (κ2) is 5.57. The Hall–Kier alpha value is -1.15. The largest absolute Gasteiger partial charge is 0.345 e. The highest BCUT2D eigenvalue weighted by Gasteiger charge is 2.27. The number of pyridine rings is 1. The monoisotopic (exact) mass is 328 g/mol. The molecule has 1 fully saturated rings. The Morgan fingerprint density at radius 3 is 3.05 bits per heavy atom. The Bertz CT molecular complexity index is 759. The number of aromatic nitrogens is 2. The van der Waals surface area contributed by atoms with Crippen LogP contribution in [0.1, 0.15) is 19.8 Å². The van der Waals surface area contributed by atoms with Gasteiger partial charge in [0.25, 0.3) is 0 Å². The molecule has 0 aliphatic carbocycles. The Labute approximate surface area is 128 Å². The van der Waals surface area contributed by atoms with Crippen LogP contribution >= 0.6 is 11.6 Å². The van der Waals surface area contributed by atoms with Crippen LogP contribution in [0, 0.1) is 0 Å². The standard InChI is InChI=1S/C13H17ClN4O2S/c1-8-6-9(2-4-15-8)18-21(19,20)11-7-17-13-12(11)10(14)3-5-16-13/h3,5,7-9,15,18H,2,4,6H2,1H3,(H,16,17). The summed E-state index contributed by atoms with van der Waals surface area (Å²) in [6, 6.07) is 1.83. The van der Waals surface area contributed by atoms with Crippen molar-refractivity contribution in [3.8, 4) is 0 Å². The smallest absolute Gasteiger partial charge is 0.243 e. The van der Waals surface area contributed by atoms with E-state index in [9.17, 15) is 8.42 Å². The SMILES string of the molecule is CC1CC(NS(=O)(=O)c2c[nH]c3nccc(Cl)c23)CCN1. The molecule has 2 atom stereocenters. The summed E-state index contributed by atoms with van der Waals surface area (Å²) in [5.74, 6) is 0. The van der Waals surface area contributed by atoms with E-state index in [-0.39, 0.29) is 10.9 Å². The van der Waals surface area contributed by atoms with Crippen molar-refractivity contribution >= 4 is 32.7 Å². The van der Waals surface area contributed by atoms with Gasteiger partial charge in [-0.25, -0.2) is 18.1 Å². The fourth-order valence-electron chi connectivity index (χ4n) is 2.72. The fraction of sp³-hybridized carbons (Fsp3) is 0.462. The molecule has 3 N–H and O–H groups in total. The van der Waals surface area contributed by atoms with E-state index in [0.29, 0.717) is 22.1 Å². The fourth-order valence-corrected chi connectivity index (χ4v) is 4.49. The third kappa shape index (κ3) is 2.91. The van der Waals surface area contributed by atoms with Gasteiger partial charge < -0.3 is 10.3 Å². The normalized spacial score (nSPS) is 23.5. The van der Waals surface area contributed by atoms with E-state index >= 15 is 0 Å². The lowest BCUT2D eigenvalue weighted by atomic mass is 10.0. The number of nitrogens with zero attached hydrogens (tertiary/aromatic N) is 1. The molecule has 8 heteroatoms. The zero-order valence-electron chi connectivity index (χ0n) is 11.6. The number of halogens is 1. The zero-order valence-corrected chi connectivity index (χ0v) is 13.1. The molecular weight excluding hydrogens is 312 g/mol. The van der Waals surface area contributed by atoms with Gasteiger partial charge in [0.15, 0.2) is 0 Å². The lowest BCUT2D eigenvalue weighted by molar-refractivity contribution is 0.361. The Morgan fingerprint density at radius 2 is 2.29 bits per heavy atom. The average Bonchev–Trinajstić information content (AvgIpc) is 2.84. The van der Waals surface area contributed by atoms with E-state index in [1.807, 2.05) is 6.92 Å². The summed E-state index contributed by atoms with van der Waals surface area (Å²) >= 11 is 6.11. The molecule has 6 nitrogen and oxygen atoms in total. The molecule has 1 aliphatic heterocycles. The summed E-state index contributed by atoms with van der Waals surface area (Å²) in [7, 11) is -3.62. The molecule has 0 aromatic carbocycles. The summed E-state index contributed by atoms with van der Waals surface area (Å²) < 4.78 is 28.0. The molecule has 0 bridgehead atoms. The van der Waals surface area contributed by atoms with Gasteiger partial charge in [-0.3, -0.25) is 0 Å². The molecule has 3 heterocycles. The van der Waals surface area contributed by atoms with Crippen molar-refractivity contribution in [3.63, 3.8) is 0 Å². The zero-order chi connectivity index (χ0) is 15.0. The van der Waals surface area contributed by atoms with E-state index in [1.54, 1.807) is 12.3 Å². The topological polar surface area (TPSA) is 86.9 Å². The van der Waals surface area contributed by atoms with Crippen molar-refractivity contribution < 1.29 is 8.42 Å². The first-order valence-corrected chi connectivity index (χ1v) is 8.71. The van der Waals surface area contributed by atoms with Crippen LogP contribution in [0.3, 0.4) is 0 Å². The first-order valence-electron chi connectivity index (χ1n) is 6.84. The number of sulfonamides is 1. The van der Waals surface area contributed by atoms with Crippen molar-refractivity contribution in [1.82, 2.24) is 20.0 Å². The molecule has 2 unspecified atom stereocenters. The minimum absolute atomic E-state index is 0.0633. The number of fused-ring (bicyclic) bond motifs is 1. The minimum Gasteiger partial charge on any atom is -0.345 e. The number of piperidine rings is 1. The highest BCUT2D eigenvalue weighted by atomic mass is 35.5. The summed E-state index contributed by atoms with van der Waals surface area (Å²) in [5, 5.41) is 4.11. The van der Waals surface area contributed by atoms with Gasteiger partial charge in [-0.05, 0) is 32.4 Å². The average molecular weight is 329 g/mol. The number of hydrogen-bond acceptors (Lipinski definition) is 4. The van der Waals surface area contributed by atoms with Gasteiger partial charge in [0.2, 0.25) is 10.0 Å². The lowest BCUT2D eigenvalue weighted by Gasteiger charge is -2.28. The molecule has 0 spiro atoms. The molecule has 21 heavy (non-hydrogen) atoms. The number of aromatic amines is 1. The first-order chi connectivity index (χ1) is 9.97. The maximum atomic E-state index is 12.6. The van der Waals surface area contributed by atoms with Crippen LogP contribution in [0.2, 0.25) is 5.02 Å². The van der Waals surface area contributed by atoms with Gasteiger partial charge in [-0.15, -0.1) is 0 Å². The van der Waals surface area contributed by atoms with Crippen LogP contribution in [0.4, 0.5) is 0 Å². The summed E-state index contributed by atoms with van der Waals surface area (Å²) in [4.78, 5) is 7.10. The Balaban J connectivity index is 1.93. The van der Waals surface area contributed by atoms with Crippen molar-refractivity contribution in [2.75, 3.05) is 6.54 Å². The summed E-state index contributed by atoms with van der Waals surface area (Å²) in [6.07, 6.45) is 4.53. The molecule has 3 rings (SSSR count). The van der Waals surface area contributed by atoms with E-state index < -0.39 is 10.0 Å². The van der Waals surface area contributed by atoms with Crippen LogP contribution in [0.5, 0.6) is 0 Å². The molecule has 2 aromatic rings. The highest BCUT2D eigenvalue weighted by Crippen LogP contribution is 2.28. The molecule has 2 aromatic heterocycles. The second-order valence-electron chi connectivity index (χ2n) is 5.37. The van der Waals surface area contributed by atoms with Gasteiger partial charge >= 0.3 is 0 Å². The summed E-state index contributed by atoms with van der Waals surface area (Å²) in [6.45, 7) is 2.86. The van der Waals surface area contributed by atoms with Gasteiger partial charge in [0, 0.05) is 24.5 Å². The molecule has 0 radical (unpaired) electrons.